The zero-order valence-corrected chi connectivity index (χ0v) is 10.9. The lowest BCUT2D eigenvalue weighted by Crippen LogP contribution is -2.30. The van der Waals surface area contributed by atoms with Gasteiger partial charge in [-0.2, -0.15) is 0 Å². The molecule has 1 saturated carbocycles. The lowest BCUT2D eigenvalue weighted by Gasteiger charge is -2.19. The number of hydrogen-bond donors (Lipinski definition) is 2. The van der Waals surface area contributed by atoms with Crippen LogP contribution in [0.1, 0.15) is 31.9 Å². The second-order valence-corrected chi connectivity index (χ2v) is 5.95. The molecule has 88 valence electrons. The predicted molar refractivity (Wildman–Crippen MR) is 68.4 cm³/mol. The third kappa shape index (κ3) is 2.21. The Morgan fingerprint density at radius 2 is 2.06 bits per heavy atom. The molecule has 0 spiro atoms. The van der Waals surface area contributed by atoms with Crippen molar-refractivity contribution in [3.8, 4) is 0 Å². The average Bonchev–Trinajstić information content (AvgIpc) is 2.82. The molecular weight excluding hydrogens is 243 g/mol. The third-order valence-corrected chi connectivity index (χ3v) is 4.04. The first-order valence-corrected chi connectivity index (χ1v) is 6.12. The molecular formula is C12H16Cl2N2. The monoisotopic (exact) mass is 258 g/mol. The van der Waals surface area contributed by atoms with Gasteiger partial charge in [0, 0.05) is 10.0 Å². The number of benzene rings is 1. The molecule has 3 N–H and O–H groups in total. The fourth-order valence-electron chi connectivity index (χ4n) is 2.25. The number of nitrogens with two attached hydrogens (primary N) is 1. The van der Waals surface area contributed by atoms with Gasteiger partial charge in [-0.1, -0.05) is 37.0 Å². The van der Waals surface area contributed by atoms with Crippen LogP contribution in [0.15, 0.2) is 18.2 Å². The highest BCUT2D eigenvalue weighted by Crippen LogP contribution is 2.58. The van der Waals surface area contributed by atoms with Gasteiger partial charge in [0.1, 0.15) is 0 Å². The Labute approximate surface area is 106 Å². The van der Waals surface area contributed by atoms with Crippen LogP contribution in [0.3, 0.4) is 0 Å². The van der Waals surface area contributed by atoms with Crippen LogP contribution < -0.4 is 11.3 Å². The van der Waals surface area contributed by atoms with Gasteiger partial charge in [0.25, 0.3) is 0 Å². The van der Waals surface area contributed by atoms with Crippen molar-refractivity contribution >= 4 is 23.2 Å². The summed E-state index contributed by atoms with van der Waals surface area (Å²) in [5.74, 6) is 6.16. The number of rotatable bonds is 3. The number of halogens is 2. The highest BCUT2D eigenvalue weighted by atomic mass is 35.5. The highest BCUT2D eigenvalue weighted by molar-refractivity contribution is 6.33. The lowest BCUT2D eigenvalue weighted by molar-refractivity contribution is 0.423. The van der Waals surface area contributed by atoms with E-state index >= 15 is 0 Å². The quantitative estimate of drug-likeness (QED) is 0.643. The Hall–Kier alpha value is -0.280. The Bertz CT molecular complexity index is 404. The van der Waals surface area contributed by atoms with Crippen LogP contribution in [0.4, 0.5) is 0 Å². The van der Waals surface area contributed by atoms with Crippen LogP contribution in [0, 0.1) is 11.3 Å². The van der Waals surface area contributed by atoms with Gasteiger partial charge in [0.2, 0.25) is 0 Å². The van der Waals surface area contributed by atoms with E-state index in [0.29, 0.717) is 16.4 Å². The van der Waals surface area contributed by atoms with Crippen molar-refractivity contribution in [1.29, 1.82) is 0 Å². The zero-order valence-electron chi connectivity index (χ0n) is 9.43. The second-order valence-electron chi connectivity index (χ2n) is 5.11. The first-order chi connectivity index (χ1) is 7.45. The maximum atomic E-state index is 6.18. The first kappa shape index (κ1) is 12.2. The van der Waals surface area contributed by atoms with Gasteiger partial charge >= 0.3 is 0 Å². The van der Waals surface area contributed by atoms with Crippen LogP contribution in [0.25, 0.3) is 0 Å². The van der Waals surface area contributed by atoms with Gasteiger partial charge in [0.05, 0.1) is 6.04 Å². The normalized spacial score (nSPS) is 24.2. The van der Waals surface area contributed by atoms with Crippen LogP contribution in [-0.4, -0.2) is 0 Å². The molecule has 1 aliphatic carbocycles. The fourth-order valence-corrected chi connectivity index (χ4v) is 2.67. The minimum Gasteiger partial charge on any atom is -0.271 e. The fraction of sp³-hybridized carbons (Fsp3) is 0.500. The largest absolute Gasteiger partial charge is 0.271 e. The molecule has 2 rings (SSSR count). The smallest absolute Gasteiger partial charge is 0.0508 e. The molecule has 1 aliphatic rings. The van der Waals surface area contributed by atoms with Crippen molar-refractivity contribution in [2.45, 2.75) is 26.3 Å². The predicted octanol–water partition coefficient (Wildman–Crippen LogP) is 3.54. The molecule has 0 aliphatic heterocycles. The Kier molecular flexibility index (Phi) is 3.19. The van der Waals surface area contributed by atoms with Crippen molar-refractivity contribution in [3.05, 3.63) is 33.8 Å². The van der Waals surface area contributed by atoms with E-state index in [1.807, 2.05) is 12.1 Å². The second kappa shape index (κ2) is 4.19. The summed E-state index contributed by atoms with van der Waals surface area (Å²) in [5, 5.41) is 1.41. The highest BCUT2D eigenvalue weighted by Gasteiger charge is 2.50. The van der Waals surface area contributed by atoms with Gasteiger partial charge < -0.3 is 0 Å². The van der Waals surface area contributed by atoms with Gasteiger partial charge in [0.15, 0.2) is 0 Å². The van der Waals surface area contributed by atoms with E-state index in [2.05, 4.69) is 19.3 Å². The lowest BCUT2D eigenvalue weighted by atomic mass is 9.97. The first-order valence-electron chi connectivity index (χ1n) is 5.37. The van der Waals surface area contributed by atoms with Crippen LogP contribution in [0.2, 0.25) is 10.0 Å². The topological polar surface area (TPSA) is 38.0 Å². The molecule has 16 heavy (non-hydrogen) atoms. The molecule has 4 heteroatoms. The van der Waals surface area contributed by atoms with E-state index in [1.54, 1.807) is 6.07 Å². The van der Waals surface area contributed by atoms with Crippen LogP contribution in [-0.2, 0) is 0 Å². The Morgan fingerprint density at radius 3 is 2.56 bits per heavy atom. The maximum Gasteiger partial charge on any atom is 0.0508 e. The summed E-state index contributed by atoms with van der Waals surface area (Å²) in [4.78, 5) is 0. The summed E-state index contributed by atoms with van der Waals surface area (Å²) in [7, 11) is 0. The molecule has 1 aromatic carbocycles. The molecule has 0 heterocycles. The van der Waals surface area contributed by atoms with E-state index in [9.17, 15) is 0 Å². The van der Waals surface area contributed by atoms with E-state index in [4.69, 9.17) is 29.0 Å². The number of hydrogen-bond acceptors (Lipinski definition) is 2. The van der Waals surface area contributed by atoms with Gasteiger partial charge in [-0.25, -0.2) is 0 Å². The molecule has 2 nitrogen and oxygen atoms in total. The molecule has 2 atom stereocenters. The van der Waals surface area contributed by atoms with Crippen molar-refractivity contribution in [1.82, 2.24) is 5.43 Å². The van der Waals surface area contributed by atoms with Gasteiger partial charge in [-0.05, 0) is 41.5 Å². The van der Waals surface area contributed by atoms with E-state index in [-0.39, 0.29) is 6.04 Å². The Balaban J connectivity index is 2.30. The minimum atomic E-state index is 0.0844. The molecule has 1 aromatic rings. The van der Waals surface area contributed by atoms with Crippen molar-refractivity contribution in [2.24, 2.45) is 17.2 Å². The summed E-state index contributed by atoms with van der Waals surface area (Å²) >= 11 is 12.2. The number of nitrogens with one attached hydrogen (secondary N) is 1. The van der Waals surface area contributed by atoms with Crippen molar-refractivity contribution in [3.63, 3.8) is 0 Å². The molecule has 0 saturated heterocycles. The zero-order chi connectivity index (χ0) is 11.9. The maximum absolute atomic E-state index is 6.18. The van der Waals surface area contributed by atoms with E-state index < -0.39 is 0 Å². The molecule has 0 aromatic heterocycles. The average molecular weight is 259 g/mol. The van der Waals surface area contributed by atoms with Crippen molar-refractivity contribution < 1.29 is 0 Å². The van der Waals surface area contributed by atoms with Gasteiger partial charge in [-0.15, -0.1) is 0 Å². The Morgan fingerprint density at radius 1 is 1.44 bits per heavy atom. The molecule has 1 fully saturated rings. The van der Waals surface area contributed by atoms with E-state index in [0.717, 1.165) is 17.0 Å². The number of hydrazine groups is 1. The third-order valence-electron chi connectivity index (χ3n) is 3.46. The van der Waals surface area contributed by atoms with Crippen LogP contribution in [0.5, 0.6) is 0 Å². The molecule has 0 amide bonds. The molecule has 0 bridgehead atoms. The SMILES string of the molecule is CC1(C)CC1C(NN)c1cc(Cl)ccc1Cl. The molecule has 2 unspecified atom stereocenters. The van der Waals surface area contributed by atoms with Gasteiger partial charge in [-0.3, -0.25) is 11.3 Å². The summed E-state index contributed by atoms with van der Waals surface area (Å²) in [6, 6.07) is 5.59. The van der Waals surface area contributed by atoms with Crippen LogP contribution >= 0.6 is 23.2 Å². The summed E-state index contributed by atoms with van der Waals surface area (Å²) in [5.41, 5.74) is 4.19. The summed E-state index contributed by atoms with van der Waals surface area (Å²) < 4.78 is 0. The summed E-state index contributed by atoms with van der Waals surface area (Å²) in [6.45, 7) is 4.47. The molecule has 0 radical (unpaired) electrons. The standard InChI is InChI=1S/C12H16Cl2N2/c1-12(2)6-9(12)11(16-15)8-5-7(13)3-4-10(8)14/h3-5,9,11,16H,6,15H2,1-2H3. The summed E-state index contributed by atoms with van der Waals surface area (Å²) in [6.07, 6.45) is 1.16. The van der Waals surface area contributed by atoms with E-state index in [1.165, 1.54) is 0 Å². The van der Waals surface area contributed by atoms with Crippen molar-refractivity contribution in [2.75, 3.05) is 0 Å². The minimum absolute atomic E-state index is 0.0844.